The number of fused-ring (bicyclic) bond motifs is 1. The van der Waals surface area contributed by atoms with E-state index < -0.39 is 5.97 Å². The van der Waals surface area contributed by atoms with E-state index in [9.17, 15) is 9.59 Å². The summed E-state index contributed by atoms with van der Waals surface area (Å²) in [6.07, 6.45) is 5.09. The quantitative estimate of drug-likeness (QED) is 0.411. The van der Waals surface area contributed by atoms with Gasteiger partial charge in [-0.2, -0.15) is 0 Å². The Morgan fingerprint density at radius 1 is 1.03 bits per heavy atom. The van der Waals surface area contributed by atoms with Gasteiger partial charge in [0.2, 0.25) is 5.75 Å². The predicted molar refractivity (Wildman–Crippen MR) is 121 cm³/mol. The molecule has 0 saturated heterocycles. The van der Waals surface area contributed by atoms with Crippen LogP contribution in [0.2, 0.25) is 0 Å². The molecule has 1 aliphatic rings. The Hall–Kier alpha value is -2.96. The van der Waals surface area contributed by atoms with Gasteiger partial charge in [0.1, 0.15) is 5.69 Å². The normalized spacial score (nSPS) is 15.3. The second-order valence-electron chi connectivity index (χ2n) is 8.16. The van der Waals surface area contributed by atoms with Crippen LogP contribution in [0.5, 0.6) is 17.2 Å². The van der Waals surface area contributed by atoms with Gasteiger partial charge < -0.3 is 23.9 Å². The molecule has 2 aromatic rings. The predicted octanol–water partition coefficient (Wildman–Crippen LogP) is 5.00. The third-order valence-corrected chi connectivity index (χ3v) is 6.08. The van der Waals surface area contributed by atoms with Crippen LogP contribution in [-0.2, 0) is 11.2 Å². The Balaban J connectivity index is 1.82. The number of H-pyrrole nitrogens is 1. The lowest BCUT2D eigenvalue weighted by molar-refractivity contribution is 0.0490. The van der Waals surface area contributed by atoms with Crippen molar-refractivity contribution in [1.29, 1.82) is 0 Å². The molecule has 1 unspecified atom stereocenters. The monoisotopic (exact) mass is 443 g/mol. The van der Waals surface area contributed by atoms with Crippen LogP contribution in [0.4, 0.5) is 0 Å². The summed E-state index contributed by atoms with van der Waals surface area (Å²) in [4.78, 5) is 28.8. The number of esters is 1. The van der Waals surface area contributed by atoms with Crippen LogP contribution >= 0.6 is 0 Å². The molecule has 0 aliphatic heterocycles. The molecule has 1 aromatic carbocycles. The van der Waals surface area contributed by atoms with Gasteiger partial charge in [0.05, 0.1) is 27.9 Å². The van der Waals surface area contributed by atoms with Gasteiger partial charge in [-0.05, 0) is 48.9 Å². The second-order valence-corrected chi connectivity index (χ2v) is 8.16. The van der Waals surface area contributed by atoms with Crippen LogP contribution in [0.3, 0.4) is 0 Å². The Labute approximate surface area is 189 Å². The maximum atomic E-state index is 13.0. The number of benzene rings is 1. The van der Waals surface area contributed by atoms with Crippen LogP contribution in [0.25, 0.3) is 0 Å². The summed E-state index contributed by atoms with van der Waals surface area (Å²) in [7, 11) is 4.70. The SMILES string of the molecule is CCCCCCOC(=O)c1[nH]c2c(c1C)C(=O)CC(c1cc(OC)c(OC)c(OC)c1)C2. The van der Waals surface area contributed by atoms with E-state index in [1.165, 1.54) is 0 Å². The van der Waals surface area contributed by atoms with Crippen LogP contribution in [-0.4, -0.2) is 44.7 Å². The highest BCUT2D eigenvalue weighted by atomic mass is 16.5. The minimum atomic E-state index is -0.398. The van der Waals surface area contributed by atoms with Crippen molar-refractivity contribution in [3.63, 3.8) is 0 Å². The molecule has 0 radical (unpaired) electrons. The van der Waals surface area contributed by atoms with Gasteiger partial charge in [-0.3, -0.25) is 4.79 Å². The first-order valence-corrected chi connectivity index (χ1v) is 11.2. The first kappa shape index (κ1) is 23.7. The van der Waals surface area contributed by atoms with Crippen LogP contribution in [0, 0.1) is 6.92 Å². The Morgan fingerprint density at radius 3 is 2.31 bits per heavy atom. The molecule has 0 amide bonds. The number of nitrogens with one attached hydrogen (secondary N) is 1. The maximum absolute atomic E-state index is 13.0. The highest BCUT2D eigenvalue weighted by Gasteiger charge is 2.33. The lowest BCUT2D eigenvalue weighted by Gasteiger charge is -2.24. The molecule has 0 bridgehead atoms. The highest BCUT2D eigenvalue weighted by molar-refractivity contribution is 6.03. The molecule has 32 heavy (non-hydrogen) atoms. The number of ether oxygens (including phenoxy) is 4. The average Bonchev–Trinajstić information content (AvgIpc) is 3.14. The molecule has 0 spiro atoms. The topological polar surface area (TPSA) is 86.9 Å². The molecular formula is C25H33NO6. The van der Waals surface area contributed by atoms with Crippen molar-refractivity contribution in [2.75, 3.05) is 27.9 Å². The van der Waals surface area contributed by atoms with E-state index in [2.05, 4.69) is 11.9 Å². The highest BCUT2D eigenvalue weighted by Crippen LogP contribution is 2.43. The number of aromatic amines is 1. The molecule has 1 N–H and O–H groups in total. The minimum absolute atomic E-state index is 0.0146. The molecule has 7 heteroatoms. The summed E-state index contributed by atoms with van der Waals surface area (Å²) in [6, 6.07) is 3.76. The standard InChI is InChI=1S/C25H33NO6/c1-6-7-8-9-10-32-25(28)23-15(2)22-18(26-23)11-16(12-19(22)27)17-13-20(29-3)24(31-5)21(14-17)30-4/h13-14,16,26H,6-12H2,1-5H3. The summed E-state index contributed by atoms with van der Waals surface area (Å²) >= 11 is 0. The van der Waals surface area contributed by atoms with E-state index in [-0.39, 0.29) is 11.7 Å². The Bertz CT molecular complexity index is 952. The number of carbonyl (C=O) groups is 2. The first-order valence-electron chi connectivity index (χ1n) is 11.2. The van der Waals surface area contributed by atoms with Crippen LogP contribution in [0.1, 0.15) is 82.6 Å². The number of hydrogen-bond acceptors (Lipinski definition) is 6. The fourth-order valence-corrected chi connectivity index (χ4v) is 4.38. The summed E-state index contributed by atoms with van der Waals surface area (Å²) in [6.45, 7) is 4.34. The van der Waals surface area contributed by atoms with Crippen molar-refractivity contribution < 1.29 is 28.5 Å². The maximum Gasteiger partial charge on any atom is 0.355 e. The number of Topliss-reactive ketones (excluding diaryl/α,β-unsaturated/α-hetero) is 1. The van der Waals surface area contributed by atoms with Crippen molar-refractivity contribution in [3.05, 3.63) is 40.2 Å². The molecule has 0 saturated carbocycles. The van der Waals surface area contributed by atoms with E-state index in [1.54, 1.807) is 28.3 Å². The summed E-state index contributed by atoms with van der Waals surface area (Å²) in [5, 5.41) is 0. The third kappa shape index (κ3) is 4.76. The van der Waals surface area contributed by atoms with Crippen molar-refractivity contribution >= 4 is 11.8 Å². The molecule has 1 aliphatic carbocycles. The average molecular weight is 444 g/mol. The molecule has 0 fully saturated rings. The first-order chi connectivity index (χ1) is 15.4. The van der Waals surface area contributed by atoms with Gasteiger partial charge in [0.25, 0.3) is 0 Å². The van der Waals surface area contributed by atoms with Crippen molar-refractivity contribution in [2.45, 2.75) is 58.3 Å². The minimum Gasteiger partial charge on any atom is -0.493 e. The zero-order valence-electron chi connectivity index (χ0n) is 19.6. The lowest BCUT2D eigenvalue weighted by Crippen LogP contribution is -2.19. The molecule has 1 heterocycles. The largest absolute Gasteiger partial charge is 0.493 e. The molecule has 1 atom stereocenters. The fraction of sp³-hybridized carbons (Fsp3) is 0.520. The van der Waals surface area contributed by atoms with E-state index in [0.717, 1.165) is 36.9 Å². The second kappa shape index (κ2) is 10.6. The van der Waals surface area contributed by atoms with E-state index in [1.807, 2.05) is 12.1 Å². The van der Waals surface area contributed by atoms with E-state index >= 15 is 0 Å². The number of rotatable bonds is 10. The Kier molecular flexibility index (Phi) is 7.83. The summed E-state index contributed by atoms with van der Waals surface area (Å²) < 4.78 is 21.8. The fourth-order valence-electron chi connectivity index (χ4n) is 4.38. The van der Waals surface area contributed by atoms with Crippen molar-refractivity contribution in [1.82, 2.24) is 4.98 Å². The molecular weight excluding hydrogens is 410 g/mol. The third-order valence-electron chi connectivity index (χ3n) is 6.08. The lowest BCUT2D eigenvalue weighted by atomic mass is 9.81. The van der Waals surface area contributed by atoms with Gasteiger partial charge in [-0.15, -0.1) is 0 Å². The van der Waals surface area contributed by atoms with Gasteiger partial charge >= 0.3 is 5.97 Å². The zero-order chi connectivity index (χ0) is 23.3. The molecule has 3 rings (SSSR count). The van der Waals surface area contributed by atoms with Crippen LogP contribution < -0.4 is 14.2 Å². The molecule has 7 nitrogen and oxygen atoms in total. The number of aromatic nitrogens is 1. The number of unbranched alkanes of at least 4 members (excludes halogenated alkanes) is 3. The summed E-state index contributed by atoms with van der Waals surface area (Å²) in [5.41, 5.74) is 3.36. The molecule has 1 aromatic heterocycles. The van der Waals surface area contributed by atoms with Crippen LogP contribution in [0.15, 0.2) is 12.1 Å². The molecule has 174 valence electrons. The van der Waals surface area contributed by atoms with Crippen molar-refractivity contribution in [3.8, 4) is 17.2 Å². The van der Waals surface area contributed by atoms with E-state index in [0.29, 0.717) is 53.5 Å². The van der Waals surface area contributed by atoms with Gasteiger partial charge in [0.15, 0.2) is 17.3 Å². The number of carbonyl (C=O) groups excluding carboxylic acids is 2. The van der Waals surface area contributed by atoms with Crippen molar-refractivity contribution in [2.24, 2.45) is 0 Å². The number of ketones is 1. The van der Waals surface area contributed by atoms with Gasteiger partial charge in [0, 0.05) is 17.7 Å². The number of methoxy groups -OCH3 is 3. The Morgan fingerprint density at radius 2 is 1.72 bits per heavy atom. The smallest absolute Gasteiger partial charge is 0.355 e. The van der Waals surface area contributed by atoms with Gasteiger partial charge in [-0.1, -0.05) is 26.2 Å². The van der Waals surface area contributed by atoms with E-state index in [4.69, 9.17) is 18.9 Å². The summed E-state index contributed by atoms with van der Waals surface area (Å²) in [5.74, 6) is 1.16. The number of hydrogen-bond donors (Lipinski definition) is 1. The van der Waals surface area contributed by atoms with Gasteiger partial charge in [-0.25, -0.2) is 4.79 Å². The zero-order valence-corrected chi connectivity index (χ0v) is 19.6.